The van der Waals surface area contributed by atoms with Crippen molar-refractivity contribution in [3.8, 4) is 5.75 Å². The van der Waals surface area contributed by atoms with Gasteiger partial charge in [-0.2, -0.15) is 5.10 Å². The summed E-state index contributed by atoms with van der Waals surface area (Å²) < 4.78 is 20.8. The van der Waals surface area contributed by atoms with Crippen LogP contribution in [0.1, 0.15) is 16.1 Å². The van der Waals surface area contributed by atoms with Gasteiger partial charge in [0.25, 0.3) is 0 Å². The number of rotatable bonds is 6. The van der Waals surface area contributed by atoms with Crippen LogP contribution in [0.15, 0.2) is 70.4 Å². The predicted octanol–water partition coefficient (Wildman–Crippen LogP) is 3.30. The van der Waals surface area contributed by atoms with Gasteiger partial charge in [0.2, 0.25) is 0 Å². The first-order chi connectivity index (χ1) is 13.0. The third-order valence-corrected chi connectivity index (χ3v) is 3.92. The molecule has 0 amide bonds. The van der Waals surface area contributed by atoms with Crippen LogP contribution in [0, 0.1) is 5.82 Å². The number of amidine groups is 1. The highest BCUT2D eigenvalue weighted by Gasteiger charge is 2.12. The van der Waals surface area contributed by atoms with E-state index in [9.17, 15) is 9.18 Å². The fourth-order valence-electron chi connectivity index (χ4n) is 2.02. The first kappa shape index (κ1) is 18.6. The topological polar surface area (TPSA) is 91.7 Å². The minimum absolute atomic E-state index is 0.0464. The van der Waals surface area contributed by atoms with E-state index in [4.69, 9.17) is 15.3 Å². The highest BCUT2D eigenvalue weighted by molar-refractivity contribution is 9.10. The molecule has 2 aromatic carbocycles. The molecule has 9 heteroatoms. The summed E-state index contributed by atoms with van der Waals surface area (Å²) in [7, 11) is 0. The number of carbonyl (C=O) groups excluding carboxylic acids is 1. The molecule has 7 nitrogen and oxygen atoms in total. The third-order valence-electron chi connectivity index (χ3n) is 3.39. The lowest BCUT2D eigenvalue weighted by Crippen LogP contribution is -2.15. The van der Waals surface area contributed by atoms with Crippen LogP contribution in [0.2, 0.25) is 0 Å². The highest BCUT2D eigenvalue weighted by Crippen LogP contribution is 2.16. The van der Waals surface area contributed by atoms with Gasteiger partial charge in [0.05, 0.1) is 0 Å². The molecular formula is C18H14BrFN4O3. The molecule has 1 heterocycles. The molecule has 3 aromatic rings. The van der Waals surface area contributed by atoms with E-state index in [1.165, 1.54) is 35.0 Å². The third kappa shape index (κ3) is 5.14. The first-order valence-corrected chi connectivity index (χ1v) is 8.53. The van der Waals surface area contributed by atoms with Gasteiger partial charge in [0, 0.05) is 16.2 Å². The quantitative estimate of drug-likeness (QED) is 0.279. The van der Waals surface area contributed by atoms with Crippen molar-refractivity contribution in [2.75, 3.05) is 0 Å². The van der Waals surface area contributed by atoms with E-state index in [0.29, 0.717) is 11.3 Å². The SMILES string of the molecule is N/C(=N\OC(=O)c1ccn(COc2ccc(Br)cc2)n1)c1ccc(F)cc1. The minimum atomic E-state index is -0.776. The zero-order valence-corrected chi connectivity index (χ0v) is 15.5. The number of oxime groups is 1. The molecule has 0 aliphatic heterocycles. The lowest BCUT2D eigenvalue weighted by Gasteiger charge is -2.05. The number of hydrogen-bond acceptors (Lipinski definition) is 5. The molecule has 3 rings (SSSR count). The number of carbonyl (C=O) groups is 1. The Morgan fingerprint density at radius 3 is 2.56 bits per heavy atom. The predicted molar refractivity (Wildman–Crippen MR) is 99.5 cm³/mol. The monoisotopic (exact) mass is 432 g/mol. The lowest BCUT2D eigenvalue weighted by atomic mass is 10.2. The Hall–Kier alpha value is -3.20. The van der Waals surface area contributed by atoms with Crippen LogP contribution >= 0.6 is 15.9 Å². The van der Waals surface area contributed by atoms with Gasteiger partial charge >= 0.3 is 5.97 Å². The summed E-state index contributed by atoms with van der Waals surface area (Å²) in [6, 6.07) is 14.1. The molecule has 0 saturated carbocycles. The molecule has 0 aliphatic rings. The van der Waals surface area contributed by atoms with Gasteiger partial charge in [0.1, 0.15) is 11.6 Å². The molecule has 0 radical (unpaired) electrons. The van der Waals surface area contributed by atoms with Gasteiger partial charge in [-0.25, -0.2) is 13.9 Å². The number of nitrogens with zero attached hydrogens (tertiary/aromatic N) is 3. The van der Waals surface area contributed by atoms with Gasteiger partial charge in [-0.1, -0.05) is 21.1 Å². The molecule has 0 bridgehead atoms. The largest absolute Gasteiger partial charge is 0.471 e. The molecule has 27 heavy (non-hydrogen) atoms. The van der Waals surface area contributed by atoms with Crippen LogP contribution in [0.5, 0.6) is 5.75 Å². The maximum atomic E-state index is 12.9. The van der Waals surface area contributed by atoms with Gasteiger partial charge in [-0.05, 0) is 54.6 Å². The second-order valence-corrected chi connectivity index (χ2v) is 6.25. The van der Waals surface area contributed by atoms with E-state index < -0.39 is 11.8 Å². The van der Waals surface area contributed by atoms with Crippen LogP contribution in [0.4, 0.5) is 4.39 Å². The fourth-order valence-corrected chi connectivity index (χ4v) is 2.29. The number of hydrogen-bond donors (Lipinski definition) is 1. The number of aromatic nitrogens is 2. The molecule has 0 saturated heterocycles. The van der Waals surface area contributed by atoms with Gasteiger partial charge in [-0.3, -0.25) is 0 Å². The molecule has 0 atom stereocenters. The van der Waals surface area contributed by atoms with Crippen molar-refractivity contribution < 1.29 is 18.8 Å². The zero-order chi connectivity index (χ0) is 19.2. The second-order valence-electron chi connectivity index (χ2n) is 5.33. The van der Waals surface area contributed by atoms with Crippen molar-refractivity contribution in [3.63, 3.8) is 0 Å². The fraction of sp³-hybridized carbons (Fsp3) is 0.0556. The average molecular weight is 433 g/mol. The van der Waals surface area contributed by atoms with E-state index in [1.54, 1.807) is 18.3 Å². The summed E-state index contributed by atoms with van der Waals surface area (Å²) in [6.07, 6.45) is 1.57. The highest BCUT2D eigenvalue weighted by atomic mass is 79.9. The smallest absolute Gasteiger partial charge is 0.385 e. The van der Waals surface area contributed by atoms with E-state index in [1.807, 2.05) is 12.1 Å². The zero-order valence-electron chi connectivity index (χ0n) is 13.9. The standard InChI is InChI=1S/C18H14BrFN4O3/c19-13-3-7-15(8-4-13)26-11-24-10-9-16(22-24)18(25)27-23-17(21)12-1-5-14(20)6-2-12/h1-10H,11H2,(H2,21,23). The summed E-state index contributed by atoms with van der Waals surface area (Å²) in [5.74, 6) is -0.572. The molecule has 1 aromatic heterocycles. The Morgan fingerprint density at radius 1 is 1.15 bits per heavy atom. The molecule has 0 unspecified atom stereocenters. The van der Waals surface area contributed by atoms with Crippen molar-refractivity contribution in [3.05, 3.63) is 82.3 Å². The summed E-state index contributed by atoms with van der Waals surface area (Å²) in [5, 5.41) is 7.60. The minimum Gasteiger partial charge on any atom is -0.471 e. The van der Waals surface area contributed by atoms with E-state index in [-0.39, 0.29) is 18.3 Å². The Labute approximate surface area is 162 Å². The maximum Gasteiger partial charge on any atom is 0.385 e. The van der Waals surface area contributed by atoms with Gasteiger partial charge in [0.15, 0.2) is 18.3 Å². The average Bonchev–Trinajstić information content (AvgIpc) is 3.15. The molecular weight excluding hydrogens is 419 g/mol. The van der Waals surface area contributed by atoms with Crippen molar-refractivity contribution in [1.82, 2.24) is 9.78 Å². The van der Waals surface area contributed by atoms with E-state index in [2.05, 4.69) is 26.2 Å². The lowest BCUT2D eigenvalue weighted by molar-refractivity contribution is 0.0507. The number of ether oxygens (including phenoxy) is 1. The Kier molecular flexibility index (Phi) is 5.82. The van der Waals surface area contributed by atoms with E-state index in [0.717, 1.165) is 4.47 Å². The summed E-state index contributed by atoms with van der Waals surface area (Å²) >= 11 is 3.34. The maximum absolute atomic E-state index is 12.9. The molecule has 0 fully saturated rings. The summed E-state index contributed by atoms with van der Waals surface area (Å²) in [6.45, 7) is 0.121. The van der Waals surface area contributed by atoms with Gasteiger partial charge in [-0.15, -0.1) is 0 Å². The number of nitrogens with two attached hydrogens (primary N) is 1. The number of benzene rings is 2. The van der Waals surface area contributed by atoms with Crippen LogP contribution in [-0.2, 0) is 11.6 Å². The molecule has 2 N–H and O–H groups in total. The summed E-state index contributed by atoms with van der Waals surface area (Å²) in [4.78, 5) is 16.8. The Balaban J connectivity index is 1.57. The molecule has 0 spiro atoms. The number of halogens is 2. The molecule has 138 valence electrons. The molecule has 0 aliphatic carbocycles. The Morgan fingerprint density at radius 2 is 1.85 bits per heavy atom. The van der Waals surface area contributed by atoms with Crippen LogP contribution in [0.3, 0.4) is 0 Å². The van der Waals surface area contributed by atoms with Gasteiger partial charge < -0.3 is 15.3 Å². The van der Waals surface area contributed by atoms with Crippen LogP contribution in [-0.4, -0.2) is 21.6 Å². The van der Waals surface area contributed by atoms with Crippen LogP contribution < -0.4 is 10.5 Å². The van der Waals surface area contributed by atoms with Crippen molar-refractivity contribution in [2.24, 2.45) is 10.9 Å². The van der Waals surface area contributed by atoms with Crippen molar-refractivity contribution >= 4 is 27.7 Å². The van der Waals surface area contributed by atoms with Crippen LogP contribution in [0.25, 0.3) is 0 Å². The second kappa shape index (κ2) is 8.45. The summed E-state index contributed by atoms with van der Waals surface area (Å²) in [5.41, 5.74) is 6.18. The first-order valence-electron chi connectivity index (χ1n) is 7.74. The van der Waals surface area contributed by atoms with Crippen molar-refractivity contribution in [1.29, 1.82) is 0 Å². The Bertz CT molecular complexity index is 955. The normalized spacial score (nSPS) is 11.3. The van der Waals surface area contributed by atoms with Crippen molar-refractivity contribution in [2.45, 2.75) is 6.73 Å². The van der Waals surface area contributed by atoms with E-state index >= 15 is 0 Å².